The maximum Gasteiger partial charge on any atom is 0.252 e. The van der Waals surface area contributed by atoms with Crippen LogP contribution < -0.4 is 31.1 Å². The van der Waals surface area contributed by atoms with Gasteiger partial charge in [-0.1, -0.05) is 135 Å². The lowest BCUT2D eigenvalue weighted by molar-refractivity contribution is 0.430. The summed E-state index contributed by atoms with van der Waals surface area (Å²) in [5.41, 5.74) is 18.9. The number of fused-ring (bicyclic) bond motifs is 5. The van der Waals surface area contributed by atoms with Crippen LogP contribution in [0.4, 0.5) is 51.2 Å². The third-order valence-electron chi connectivity index (χ3n) is 12.8. The molecule has 0 saturated heterocycles. The first-order valence-corrected chi connectivity index (χ1v) is 22.1. The topological polar surface area (TPSA) is 22.9 Å². The molecule has 3 heterocycles. The van der Waals surface area contributed by atoms with E-state index in [-0.39, 0.29) is 23.0 Å². The Labute approximate surface area is 368 Å². The molecule has 0 bridgehead atoms. The summed E-state index contributed by atoms with van der Waals surface area (Å²) in [5.74, 6) is 0.991. The standard InChI is InChI=1S/C57H56BN3O/c1-37-31-50-54-51(32-37)61(44-27-23-40(24-28-44)56(5,6)7)49-36-52-38(34-53(62-52)57(8,9)10)33-47(49)58(54)46-30-29-45(59(41-17-13-11-14-18-41)42-19-15-12-16-20-42)35-48(46)60(50)43-25-21-39(22-26-43)55(2,3)4/h11-36H,1-10H3. The van der Waals surface area contributed by atoms with Crippen LogP contribution in [0.3, 0.4) is 0 Å². The van der Waals surface area contributed by atoms with Crippen molar-refractivity contribution < 1.29 is 4.42 Å². The molecule has 5 heteroatoms. The van der Waals surface area contributed by atoms with Gasteiger partial charge in [-0.05, 0) is 130 Å². The Balaban J connectivity index is 1.27. The van der Waals surface area contributed by atoms with E-state index < -0.39 is 0 Å². The quantitative estimate of drug-likeness (QED) is 0.162. The van der Waals surface area contributed by atoms with Gasteiger partial charge in [-0.25, -0.2) is 0 Å². The van der Waals surface area contributed by atoms with Gasteiger partial charge in [0.1, 0.15) is 11.3 Å². The van der Waals surface area contributed by atoms with E-state index in [0.29, 0.717) is 0 Å². The van der Waals surface area contributed by atoms with Gasteiger partial charge in [0, 0.05) is 68.1 Å². The fraction of sp³-hybridized carbons (Fsp3) is 0.228. The molecule has 0 saturated carbocycles. The smallest absolute Gasteiger partial charge is 0.252 e. The van der Waals surface area contributed by atoms with Crippen LogP contribution in [-0.2, 0) is 16.2 Å². The SMILES string of the molecule is Cc1cc2c3c(c1)N(c1ccc(C(C)(C)C)cc1)c1cc4oc(C(C)(C)C)cc4cc1B3c1ccc(N(c3ccccc3)c3ccccc3)cc1N2c1ccc(C(C)(C)C)cc1. The summed E-state index contributed by atoms with van der Waals surface area (Å²) in [6, 6.07) is 58.9. The second kappa shape index (κ2) is 14.3. The fourth-order valence-electron chi connectivity index (χ4n) is 9.54. The number of hydrogen-bond acceptors (Lipinski definition) is 4. The van der Waals surface area contributed by atoms with Crippen molar-refractivity contribution in [1.29, 1.82) is 0 Å². The lowest BCUT2D eigenvalue weighted by Gasteiger charge is -2.44. The zero-order valence-corrected chi connectivity index (χ0v) is 37.8. The molecule has 1 aromatic heterocycles. The summed E-state index contributed by atoms with van der Waals surface area (Å²) < 4.78 is 6.73. The molecule has 2 aliphatic heterocycles. The first-order chi connectivity index (χ1) is 29.5. The van der Waals surface area contributed by atoms with Crippen LogP contribution in [0.2, 0.25) is 0 Å². The van der Waals surface area contributed by atoms with Crippen LogP contribution in [0.15, 0.2) is 162 Å². The van der Waals surface area contributed by atoms with Crippen LogP contribution in [0.1, 0.15) is 84.8 Å². The number of nitrogens with zero attached hydrogens (tertiary/aromatic N) is 3. The highest BCUT2D eigenvalue weighted by Gasteiger charge is 2.44. The summed E-state index contributed by atoms with van der Waals surface area (Å²) in [4.78, 5) is 7.40. The van der Waals surface area contributed by atoms with Gasteiger partial charge in [-0.15, -0.1) is 0 Å². The predicted octanol–water partition coefficient (Wildman–Crippen LogP) is 14.2. The van der Waals surface area contributed by atoms with E-state index in [1.54, 1.807) is 0 Å². The number of anilines is 9. The highest BCUT2D eigenvalue weighted by atomic mass is 16.3. The van der Waals surface area contributed by atoms with Gasteiger partial charge in [-0.2, -0.15) is 0 Å². The van der Waals surface area contributed by atoms with Gasteiger partial charge in [0.25, 0.3) is 6.71 Å². The van der Waals surface area contributed by atoms with Gasteiger partial charge in [-0.3, -0.25) is 0 Å². The molecule has 10 rings (SSSR count). The number of hydrogen-bond donors (Lipinski definition) is 0. The highest BCUT2D eigenvalue weighted by Crippen LogP contribution is 2.47. The van der Waals surface area contributed by atoms with Crippen molar-refractivity contribution in [3.05, 3.63) is 180 Å². The van der Waals surface area contributed by atoms with Gasteiger partial charge in [0.05, 0.1) is 0 Å². The summed E-state index contributed by atoms with van der Waals surface area (Å²) in [6.45, 7) is 22.6. The fourth-order valence-corrected chi connectivity index (χ4v) is 9.54. The zero-order valence-electron chi connectivity index (χ0n) is 37.8. The van der Waals surface area contributed by atoms with Gasteiger partial charge in [0.2, 0.25) is 0 Å². The summed E-state index contributed by atoms with van der Waals surface area (Å²) in [6.07, 6.45) is 0. The molecule has 0 unspecified atom stereocenters. The number of rotatable bonds is 5. The predicted molar refractivity (Wildman–Crippen MR) is 266 cm³/mol. The van der Waals surface area contributed by atoms with Gasteiger partial charge >= 0.3 is 0 Å². The molecule has 0 N–H and O–H groups in total. The second-order valence-corrected chi connectivity index (χ2v) is 20.5. The number of benzene rings is 7. The van der Waals surface area contributed by atoms with E-state index in [0.717, 1.165) is 50.9 Å². The first kappa shape index (κ1) is 39.7. The van der Waals surface area contributed by atoms with Crippen LogP contribution in [0.5, 0.6) is 0 Å². The van der Waals surface area contributed by atoms with Crippen molar-refractivity contribution in [3.8, 4) is 0 Å². The van der Waals surface area contributed by atoms with E-state index >= 15 is 0 Å². The van der Waals surface area contributed by atoms with E-state index in [2.05, 4.69) is 242 Å². The molecule has 7 aromatic carbocycles. The Morgan fingerprint density at radius 2 is 0.952 bits per heavy atom. The molecule has 2 aliphatic rings. The largest absolute Gasteiger partial charge is 0.460 e. The van der Waals surface area contributed by atoms with Crippen LogP contribution in [0.25, 0.3) is 11.0 Å². The van der Waals surface area contributed by atoms with E-state index in [9.17, 15) is 0 Å². The first-order valence-electron chi connectivity index (χ1n) is 22.1. The van der Waals surface area contributed by atoms with Crippen molar-refractivity contribution >= 4 is 85.3 Å². The van der Waals surface area contributed by atoms with Crippen molar-refractivity contribution in [2.45, 2.75) is 85.5 Å². The Morgan fingerprint density at radius 1 is 0.452 bits per heavy atom. The average molecular weight is 810 g/mol. The average Bonchev–Trinajstić information content (AvgIpc) is 3.67. The Hall–Kier alpha value is -6.46. The molecule has 62 heavy (non-hydrogen) atoms. The molecular formula is C57H56BN3O. The summed E-state index contributed by atoms with van der Waals surface area (Å²) in [7, 11) is 0. The highest BCUT2D eigenvalue weighted by molar-refractivity contribution is 7.00. The number of para-hydroxylation sites is 2. The Bertz CT molecular complexity index is 2930. The minimum Gasteiger partial charge on any atom is -0.460 e. The van der Waals surface area contributed by atoms with Crippen molar-refractivity contribution in [2.24, 2.45) is 0 Å². The van der Waals surface area contributed by atoms with Crippen LogP contribution >= 0.6 is 0 Å². The Morgan fingerprint density at radius 3 is 1.44 bits per heavy atom. The Kier molecular flexibility index (Phi) is 9.15. The molecule has 0 fully saturated rings. The molecule has 0 radical (unpaired) electrons. The third kappa shape index (κ3) is 6.70. The zero-order chi connectivity index (χ0) is 43.3. The van der Waals surface area contributed by atoms with Gasteiger partial charge in [0.15, 0.2) is 0 Å². The minimum absolute atomic E-state index is 0.0307. The number of furan rings is 1. The maximum atomic E-state index is 6.73. The summed E-state index contributed by atoms with van der Waals surface area (Å²) in [5, 5.41) is 1.13. The molecule has 308 valence electrons. The molecule has 0 atom stereocenters. The lowest BCUT2D eigenvalue weighted by atomic mass is 9.33. The molecule has 0 amide bonds. The minimum atomic E-state index is -0.129. The van der Waals surface area contributed by atoms with Crippen LogP contribution in [-0.4, -0.2) is 6.71 Å². The van der Waals surface area contributed by atoms with Crippen molar-refractivity contribution in [3.63, 3.8) is 0 Å². The van der Waals surface area contributed by atoms with Crippen LogP contribution in [0, 0.1) is 6.92 Å². The molecule has 0 spiro atoms. The second-order valence-electron chi connectivity index (χ2n) is 20.5. The monoisotopic (exact) mass is 809 g/mol. The van der Waals surface area contributed by atoms with E-state index in [4.69, 9.17) is 4.42 Å². The lowest BCUT2D eigenvalue weighted by Crippen LogP contribution is -2.61. The molecule has 4 nitrogen and oxygen atoms in total. The molecular weight excluding hydrogens is 753 g/mol. The summed E-state index contributed by atoms with van der Waals surface area (Å²) >= 11 is 0. The number of aryl methyl sites for hydroxylation is 1. The molecule has 8 aromatic rings. The van der Waals surface area contributed by atoms with Crippen molar-refractivity contribution in [2.75, 3.05) is 14.7 Å². The normalized spacial score (nSPS) is 13.5. The third-order valence-corrected chi connectivity index (χ3v) is 12.8. The van der Waals surface area contributed by atoms with Gasteiger partial charge < -0.3 is 19.1 Å². The molecule has 0 aliphatic carbocycles. The van der Waals surface area contributed by atoms with Crippen molar-refractivity contribution in [1.82, 2.24) is 0 Å². The maximum absolute atomic E-state index is 6.73. The van der Waals surface area contributed by atoms with E-state index in [1.807, 2.05) is 0 Å². The van der Waals surface area contributed by atoms with E-state index in [1.165, 1.54) is 50.1 Å².